The standard InChI is InChI=1S/C24H30N6O3/c1-4-19(5-2)30-21(23(32)33)14-17-15-25-24(27-22(17)30)26-18-6-8-20(9-7-18)29-12-10-28(11-13-29)16(3)31/h6-9,14-15,19H,4-5,10-13H2,1-3H3,(H,32,33)(H,25,26,27). The fourth-order valence-electron chi connectivity index (χ4n) is 4.42. The first-order valence-electron chi connectivity index (χ1n) is 11.4. The van der Waals surface area contributed by atoms with Crippen molar-refractivity contribution < 1.29 is 14.7 Å². The minimum absolute atomic E-state index is 0.0547. The number of benzene rings is 1. The number of hydrogen-bond donors (Lipinski definition) is 2. The van der Waals surface area contributed by atoms with Gasteiger partial charge in [0.15, 0.2) is 0 Å². The van der Waals surface area contributed by atoms with E-state index in [4.69, 9.17) is 0 Å². The Kier molecular flexibility index (Phi) is 6.48. The highest BCUT2D eigenvalue weighted by Crippen LogP contribution is 2.28. The Hall–Kier alpha value is -3.62. The van der Waals surface area contributed by atoms with Gasteiger partial charge in [-0.15, -0.1) is 0 Å². The van der Waals surface area contributed by atoms with E-state index in [1.807, 2.05) is 47.6 Å². The molecule has 9 nitrogen and oxygen atoms in total. The molecule has 0 unspecified atom stereocenters. The van der Waals surface area contributed by atoms with Crippen molar-refractivity contribution in [1.29, 1.82) is 0 Å². The first-order valence-corrected chi connectivity index (χ1v) is 11.4. The summed E-state index contributed by atoms with van der Waals surface area (Å²) in [6.45, 7) is 8.80. The summed E-state index contributed by atoms with van der Waals surface area (Å²) in [5, 5.41) is 13.6. The van der Waals surface area contributed by atoms with Gasteiger partial charge in [0, 0.05) is 62.1 Å². The number of nitrogens with one attached hydrogen (secondary N) is 1. The lowest BCUT2D eigenvalue weighted by atomic mass is 10.1. The third-order valence-corrected chi connectivity index (χ3v) is 6.32. The van der Waals surface area contributed by atoms with Crippen molar-refractivity contribution in [2.75, 3.05) is 36.4 Å². The van der Waals surface area contributed by atoms with E-state index < -0.39 is 5.97 Å². The minimum Gasteiger partial charge on any atom is -0.477 e. The van der Waals surface area contributed by atoms with Crippen LogP contribution in [0.25, 0.3) is 11.0 Å². The molecule has 1 saturated heterocycles. The fraction of sp³-hybridized carbons (Fsp3) is 0.417. The van der Waals surface area contributed by atoms with Crippen molar-refractivity contribution in [1.82, 2.24) is 19.4 Å². The number of anilines is 3. The molecule has 2 N–H and O–H groups in total. The summed E-state index contributed by atoms with van der Waals surface area (Å²) in [6.07, 6.45) is 3.30. The zero-order chi connectivity index (χ0) is 23.5. The van der Waals surface area contributed by atoms with Crippen molar-refractivity contribution in [3.63, 3.8) is 0 Å². The Morgan fingerprint density at radius 2 is 1.76 bits per heavy atom. The predicted molar refractivity (Wildman–Crippen MR) is 128 cm³/mol. The number of carboxylic acid groups (broad SMARTS) is 1. The number of amides is 1. The summed E-state index contributed by atoms with van der Waals surface area (Å²) in [4.78, 5) is 36.5. The van der Waals surface area contributed by atoms with E-state index >= 15 is 0 Å². The molecule has 1 fully saturated rings. The van der Waals surface area contributed by atoms with Crippen LogP contribution in [0.3, 0.4) is 0 Å². The van der Waals surface area contributed by atoms with Crippen LogP contribution in [0, 0.1) is 0 Å². The molecule has 4 rings (SSSR count). The molecule has 174 valence electrons. The van der Waals surface area contributed by atoms with Gasteiger partial charge in [-0.25, -0.2) is 9.78 Å². The fourth-order valence-corrected chi connectivity index (χ4v) is 4.42. The van der Waals surface area contributed by atoms with Gasteiger partial charge in [-0.1, -0.05) is 13.8 Å². The molecule has 0 saturated carbocycles. The van der Waals surface area contributed by atoms with E-state index in [1.165, 1.54) is 0 Å². The van der Waals surface area contributed by atoms with Crippen molar-refractivity contribution >= 4 is 40.2 Å². The van der Waals surface area contributed by atoms with Crippen LogP contribution in [0.5, 0.6) is 0 Å². The van der Waals surface area contributed by atoms with Gasteiger partial charge in [0.2, 0.25) is 11.9 Å². The molecule has 0 radical (unpaired) electrons. The largest absolute Gasteiger partial charge is 0.477 e. The Morgan fingerprint density at radius 3 is 2.33 bits per heavy atom. The van der Waals surface area contributed by atoms with E-state index in [0.717, 1.165) is 50.4 Å². The summed E-state index contributed by atoms with van der Waals surface area (Å²) in [5.74, 6) is -0.418. The number of fused-ring (bicyclic) bond motifs is 1. The lowest BCUT2D eigenvalue weighted by molar-refractivity contribution is -0.129. The van der Waals surface area contributed by atoms with Crippen LogP contribution in [0.4, 0.5) is 17.3 Å². The zero-order valence-electron chi connectivity index (χ0n) is 19.3. The highest BCUT2D eigenvalue weighted by atomic mass is 16.4. The van der Waals surface area contributed by atoms with E-state index in [1.54, 1.807) is 19.2 Å². The highest BCUT2D eigenvalue weighted by Gasteiger charge is 2.22. The number of carbonyl (C=O) groups is 2. The Balaban J connectivity index is 1.54. The number of nitrogens with zero attached hydrogens (tertiary/aromatic N) is 5. The maximum Gasteiger partial charge on any atom is 0.352 e. The molecule has 1 amide bonds. The van der Waals surface area contributed by atoms with Gasteiger partial charge in [-0.05, 0) is 43.2 Å². The topological polar surface area (TPSA) is 104 Å². The van der Waals surface area contributed by atoms with Crippen molar-refractivity contribution in [3.05, 3.63) is 42.2 Å². The number of carboxylic acids is 1. The highest BCUT2D eigenvalue weighted by molar-refractivity contribution is 5.93. The smallest absolute Gasteiger partial charge is 0.352 e. The molecule has 0 bridgehead atoms. The van der Waals surface area contributed by atoms with Gasteiger partial charge in [0.25, 0.3) is 0 Å². The second kappa shape index (κ2) is 9.48. The van der Waals surface area contributed by atoms with Crippen LogP contribution in [0.1, 0.15) is 50.1 Å². The molecule has 0 atom stereocenters. The summed E-state index contributed by atoms with van der Waals surface area (Å²) in [6, 6.07) is 9.73. The first kappa shape index (κ1) is 22.6. The van der Waals surface area contributed by atoms with Gasteiger partial charge >= 0.3 is 5.97 Å². The minimum atomic E-state index is -0.964. The summed E-state index contributed by atoms with van der Waals surface area (Å²) in [7, 11) is 0. The van der Waals surface area contributed by atoms with Crippen LogP contribution in [-0.2, 0) is 4.79 Å². The van der Waals surface area contributed by atoms with Crippen LogP contribution in [0.15, 0.2) is 36.5 Å². The Labute approximate surface area is 193 Å². The maximum absolute atomic E-state index is 11.8. The number of piperazine rings is 1. The molecule has 1 aromatic carbocycles. The average Bonchev–Trinajstić information content (AvgIpc) is 3.20. The zero-order valence-corrected chi connectivity index (χ0v) is 19.3. The molecular formula is C24H30N6O3. The van der Waals surface area contributed by atoms with Crippen LogP contribution in [0.2, 0.25) is 0 Å². The monoisotopic (exact) mass is 450 g/mol. The molecule has 0 spiro atoms. The number of rotatable bonds is 7. The van der Waals surface area contributed by atoms with Gasteiger partial charge in [-0.2, -0.15) is 4.98 Å². The van der Waals surface area contributed by atoms with Crippen LogP contribution in [-0.4, -0.2) is 62.6 Å². The number of hydrogen-bond acceptors (Lipinski definition) is 6. The van der Waals surface area contributed by atoms with Gasteiger partial charge in [-0.3, -0.25) is 4.79 Å². The average molecular weight is 451 g/mol. The van der Waals surface area contributed by atoms with E-state index in [-0.39, 0.29) is 17.6 Å². The van der Waals surface area contributed by atoms with E-state index in [0.29, 0.717) is 17.0 Å². The Bertz CT molecular complexity index is 1140. The molecule has 1 aliphatic rings. The van der Waals surface area contributed by atoms with Crippen molar-refractivity contribution in [2.45, 2.75) is 39.7 Å². The predicted octanol–water partition coefficient (Wildman–Crippen LogP) is 3.90. The van der Waals surface area contributed by atoms with E-state index in [9.17, 15) is 14.7 Å². The Morgan fingerprint density at radius 1 is 1.09 bits per heavy atom. The quantitative estimate of drug-likeness (QED) is 0.563. The third kappa shape index (κ3) is 4.62. The van der Waals surface area contributed by atoms with Gasteiger partial charge in [0.05, 0.1) is 0 Å². The summed E-state index contributed by atoms with van der Waals surface area (Å²) >= 11 is 0. The number of aromatic nitrogens is 3. The molecule has 33 heavy (non-hydrogen) atoms. The molecule has 9 heteroatoms. The van der Waals surface area contributed by atoms with E-state index in [2.05, 4.69) is 20.2 Å². The SMILES string of the molecule is CCC(CC)n1c(C(=O)O)cc2cnc(Nc3ccc(N4CCN(C(C)=O)CC4)cc3)nc21. The van der Waals surface area contributed by atoms with Crippen molar-refractivity contribution in [3.8, 4) is 0 Å². The molecule has 0 aliphatic carbocycles. The normalized spacial score (nSPS) is 14.2. The molecule has 1 aliphatic heterocycles. The lowest BCUT2D eigenvalue weighted by Crippen LogP contribution is -2.48. The first-order chi connectivity index (χ1) is 15.9. The summed E-state index contributed by atoms with van der Waals surface area (Å²) < 4.78 is 1.81. The second-order valence-corrected chi connectivity index (χ2v) is 8.31. The summed E-state index contributed by atoms with van der Waals surface area (Å²) in [5.41, 5.74) is 2.81. The molecule has 3 aromatic rings. The number of aromatic carboxylic acids is 1. The van der Waals surface area contributed by atoms with Crippen LogP contribution < -0.4 is 10.2 Å². The molecule has 3 heterocycles. The van der Waals surface area contributed by atoms with Gasteiger partial charge < -0.3 is 24.8 Å². The van der Waals surface area contributed by atoms with Crippen LogP contribution >= 0.6 is 0 Å². The number of carbonyl (C=O) groups excluding carboxylic acids is 1. The van der Waals surface area contributed by atoms with Crippen molar-refractivity contribution in [2.24, 2.45) is 0 Å². The maximum atomic E-state index is 11.8. The second-order valence-electron chi connectivity index (χ2n) is 8.31. The molecular weight excluding hydrogens is 420 g/mol. The molecule has 2 aromatic heterocycles. The lowest BCUT2D eigenvalue weighted by Gasteiger charge is -2.35. The third-order valence-electron chi connectivity index (χ3n) is 6.32. The van der Waals surface area contributed by atoms with Gasteiger partial charge in [0.1, 0.15) is 11.3 Å².